The number of para-hydroxylation sites is 2. The Kier molecular flexibility index (Phi) is 5.06. The molecule has 7 heteroatoms. The van der Waals surface area contributed by atoms with Crippen molar-refractivity contribution in [2.75, 3.05) is 0 Å². The predicted molar refractivity (Wildman–Crippen MR) is 90.4 cm³/mol. The zero-order valence-electron chi connectivity index (χ0n) is 13.6. The first-order valence-corrected chi connectivity index (χ1v) is 7.85. The van der Waals surface area contributed by atoms with Crippen LogP contribution in [0.1, 0.15) is 11.1 Å². The number of nitrogens with zero attached hydrogens (tertiary/aromatic N) is 1. The van der Waals surface area contributed by atoms with Crippen molar-refractivity contribution in [3.05, 3.63) is 71.9 Å². The van der Waals surface area contributed by atoms with E-state index in [0.29, 0.717) is 0 Å². The molecule has 0 spiro atoms. The third-order valence-electron chi connectivity index (χ3n) is 3.74. The third kappa shape index (κ3) is 4.50. The number of hydrogen-bond donors (Lipinski definition) is 1. The number of amides is 1. The molecule has 0 atom stereocenters. The van der Waals surface area contributed by atoms with Gasteiger partial charge in [0.25, 0.3) is 0 Å². The van der Waals surface area contributed by atoms with Crippen molar-refractivity contribution in [3.63, 3.8) is 0 Å². The largest absolute Gasteiger partial charge is 0.573 e. The Balaban J connectivity index is 1.68. The van der Waals surface area contributed by atoms with Gasteiger partial charge in [-0.3, -0.25) is 9.78 Å². The first-order chi connectivity index (χ1) is 12.4. The molecule has 0 bridgehead atoms. The molecule has 1 aromatic heterocycles. The van der Waals surface area contributed by atoms with Gasteiger partial charge in [-0.05, 0) is 17.7 Å². The second-order valence-electron chi connectivity index (χ2n) is 5.60. The Morgan fingerprint density at radius 3 is 2.54 bits per heavy atom. The van der Waals surface area contributed by atoms with E-state index >= 15 is 0 Å². The van der Waals surface area contributed by atoms with E-state index in [2.05, 4.69) is 15.0 Å². The highest BCUT2D eigenvalue weighted by Crippen LogP contribution is 2.26. The SMILES string of the molecule is O=C(Cc1cccc2cccnc12)NCc1ccccc1OC(F)(F)F. The molecule has 26 heavy (non-hydrogen) atoms. The molecule has 4 nitrogen and oxygen atoms in total. The van der Waals surface area contributed by atoms with E-state index in [4.69, 9.17) is 0 Å². The zero-order chi connectivity index (χ0) is 18.6. The minimum absolute atomic E-state index is 0.0662. The van der Waals surface area contributed by atoms with Gasteiger partial charge in [-0.25, -0.2) is 0 Å². The lowest BCUT2D eigenvalue weighted by Gasteiger charge is -2.13. The highest BCUT2D eigenvalue weighted by Gasteiger charge is 2.31. The molecule has 3 aromatic rings. The van der Waals surface area contributed by atoms with Gasteiger partial charge in [0.15, 0.2) is 0 Å². The van der Waals surface area contributed by atoms with Crippen LogP contribution in [0.15, 0.2) is 60.8 Å². The number of hydrogen-bond acceptors (Lipinski definition) is 3. The Hall–Kier alpha value is -3.09. The number of carbonyl (C=O) groups excluding carboxylic acids is 1. The molecule has 0 aliphatic carbocycles. The Morgan fingerprint density at radius 1 is 1.00 bits per heavy atom. The molecule has 0 unspecified atom stereocenters. The van der Waals surface area contributed by atoms with Gasteiger partial charge in [-0.2, -0.15) is 0 Å². The molecule has 0 fully saturated rings. The summed E-state index contributed by atoms with van der Waals surface area (Å²) in [7, 11) is 0. The van der Waals surface area contributed by atoms with Gasteiger partial charge >= 0.3 is 6.36 Å². The van der Waals surface area contributed by atoms with Crippen LogP contribution >= 0.6 is 0 Å². The molecule has 0 saturated carbocycles. The summed E-state index contributed by atoms with van der Waals surface area (Å²) < 4.78 is 41.3. The van der Waals surface area contributed by atoms with Crippen LogP contribution in [0, 0.1) is 0 Å². The van der Waals surface area contributed by atoms with Crippen molar-refractivity contribution in [2.45, 2.75) is 19.3 Å². The zero-order valence-corrected chi connectivity index (χ0v) is 13.6. The molecule has 0 saturated heterocycles. The molecular weight excluding hydrogens is 345 g/mol. The molecule has 1 amide bonds. The van der Waals surface area contributed by atoms with Crippen LogP contribution in [-0.4, -0.2) is 17.3 Å². The molecule has 0 aliphatic heterocycles. The minimum atomic E-state index is -4.78. The summed E-state index contributed by atoms with van der Waals surface area (Å²) in [6.45, 7) is -0.0662. The maximum atomic E-state index is 12.4. The Bertz CT molecular complexity index is 921. The number of nitrogens with one attached hydrogen (secondary N) is 1. The fraction of sp³-hybridized carbons (Fsp3) is 0.158. The average Bonchev–Trinajstić information content (AvgIpc) is 2.60. The molecular formula is C19H15F3N2O2. The van der Waals surface area contributed by atoms with Gasteiger partial charge in [0.1, 0.15) is 5.75 Å². The molecule has 3 rings (SSSR count). The second kappa shape index (κ2) is 7.43. The maximum absolute atomic E-state index is 12.4. The van der Waals surface area contributed by atoms with Gasteiger partial charge in [0.05, 0.1) is 11.9 Å². The first-order valence-electron chi connectivity index (χ1n) is 7.85. The summed E-state index contributed by atoms with van der Waals surface area (Å²) in [5.41, 5.74) is 1.72. The van der Waals surface area contributed by atoms with Crippen molar-refractivity contribution in [3.8, 4) is 5.75 Å². The van der Waals surface area contributed by atoms with Crippen molar-refractivity contribution in [1.29, 1.82) is 0 Å². The van der Waals surface area contributed by atoms with E-state index in [1.807, 2.05) is 24.3 Å². The molecule has 134 valence electrons. The van der Waals surface area contributed by atoms with Gasteiger partial charge in [-0.15, -0.1) is 13.2 Å². The highest BCUT2D eigenvalue weighted by molar-refractivity contribution is 5.87. The fourth-order valence-electron chi connectivity index (χ4n) is 2.61. The van der Waals surface area contributed by atoms with Crippen LogP contribution < -0.4 is 10.1 Å². The van der Waals surface area contributed by atoms with Crippen molar-refractivity contribution in [1.82, 2.24) is 10.3 Å². The van der Waals surface area contributed by atoms with Crippen LogP contribution in [0.5, 0.6) is 5.75 Å². The summed E-state index contributed by atoms with van der Waals surface area (Å²) in [5.74, 6) is -0.642. The Labute approximate surface area is 147 Å². The topological polar surface area (TPSA) is 51.2 Å². The van der Waals surface area contributed by atoms with E-state index in [9.17, 15) is 18.0 Å². The Morgan fingerprint density at radius 2 is 1.73 bits per heavy atom. The second-order valence-corrected chi connectivity index (χ2v) is 5.60. The smallest absolute Gasteiger partial charge is 0.405 e. The normalized spacial score (nSPS) is 11.3. The summed E-state index contributed by atoms with van der Waals surface area (Å²) >= 11 is 0. The van der Waals surface area contributed by atoms with E-state index in [0.717, 1.165) is 16.5 Å². The van der Waals surface area contributed by atoms with Crippen molar-refractivity contribution < 1.29 is 22.7 Å². The number of ether oxygens (including phenoxy) is 1. The monoisotopic (exact) mass is 360 g/mol. The molecule has 2 aromatic carbocycles. The number of carbonyl (C=O) groups is 1. The number of aromatic nitrogens is 1. The van der Waals surface area contributed by atoms with Crippen LogP contribution in [0.3, 0.4) is 0 Å². The number of alkyl halides is 3. The van der Waals surface area contributed by atoms with Crippen LogP contribution in [0.4, 0.5) is 13.2 Å². The highest BCUT2D eigenvalue weighted by atomic mass is 19.4. The van der Waals surface area contributed by atoms with E-state index in [1.54, 1.807) is 18.3 Å². The molecule has 1 heterocycles. The number of halogens is 3. The summed E-state index contributed by atoms with van der Waals surface area (Å²) in [6.07, 6.45) is -3.06. The fourth-order valence-corrected chi connectivity index (χ4v) is 2.61. The quantitative estimate of drug-likeness (QED) is 0.748. The predicted octanol–water partition coefficient (Wildman–Crippen LogP) is 3.99. The third-order valence-corrected chi connectivity index (χ3v) is 3.74. The maximum Gasteiger partial charge on any atom is 0.573 e. The average molecular weight is 360 g/mol. The molecule has 1 N–H and O–H groups in total. The number of benzene rings is 2. The van der Waals surface area contributed by atoms with E-state index in [-0.39, 0.29) is 30.2 Å². The standard InChI is InChI=1S/C19H15F3N2O2/c20-19(21,22)26-16-9-2-1-5-15(16)12-24-17(25)11-14-7-3-6-13-8-4-10-23-18(13)14/h1-10H,11-12H2,(H,24,25). The lowest BCUT2D eigenvalue weighted by atomic mass is 10.1. The minimum Gasteiger partial charge on any atom is -0.405 e. The van der Waals surface area contributed by atoms with Crippen LogP contribution in [0.2, 0.25) is 0 Å². The van der Waals surface area contributed by atoms with E-state index < -0.39 is 6.36 Å². The number of fused-ring (bicyclic) bond motifs is 1. The summed E-state index contributed by atoms with van der Waals surface area (Å²) in [5, 5.41) is 3.54. The van der Waals surface area contributed by atoms with Crippen LogP contribution in [0.25, 0.3) is 10.9 Å². The lowest BCUT2D eigenvalue weighted by Crippen LogP contribution is -2.26. The van der Waals surface area contributed by atoms with Gasteiger partial charge in [-0.1, -0.05) is 42.5 Å². The number of pyridine rings is 1. The first kappa shape index (κ1) is 17.7. The van der Waals surface area contributed by atoms with Gasteiger partial charge in [0.2, 0.25) is 5.91 Å². The molecule has 0 radical (unpaired) electrons. The van der Waals surface area contributed by atoms with E-state index in [1.165, 1.54) is 18.2 Å². The lowest BCUT2D eigenvalue weighted by molar-refractivity contribution is -0.274. The summed E-state index contributed by atoms with van der Waals surface area (Å²) in [6, 6.07) is 14.9. The molecule has 0 aliphatic rings. The van der Waals surface area contributed by atoms with Gasteiger partial charge < -0.3 is 10.1 Å². The van der Waals surface area contributed by atoms with Crippen LogP contribution in [-0.2, 0) is 17.8 Å². The van der Waals surface area contributed by atoms with Gasteiger partial charge in [0, 0.05) is 23.7 Å². The summed E-state index contributed by atoms with van der Waals surface area (Å²) in [4.78, 5) is 16.5. The van der Waals surface area contributed by atoms with Crippen molar-refractivity contribution >= 4 is 16.8 Å². The number of rotatable bonds is 5. The van der Waals surface area contributed by atoms with Crippen molar-refractivity contribution in [2.24, 2.45) is 0 Å².